The van der Waals surface area contributed by atoms with E-state index in [0.29, 0.717) is 12.8 Å². The third-order valence-corrected chi connectivity index (χ3v) is 3.11. The van der Waals surface area contributed by atoms with Gasteiger partial charge in [-0.2, -0.15) is 0 Å². The topological polar surface area (TPSA) is 80.3 Å². The van der Waals surface area contributed by atoms with Gasteiger partial charge in [-0.05, 0) is 12.8 Å². The molecule has 1 aliphatic carbocycles. The van der Waals surface area contributed by atoms with Crippen molar-refractivity contribution in [2.45, 2.75) is 18.1 Å². The van der Waals surface area contributed by atoms with E-state index in [1.165, 1.54) is 0 Å². The zero-order chi connectivity index (χ0) is 8.48. The lowest BCUT2D eigenvalue weighted by molar-refractivity contribution is -0.113. The first-order chi connectivity index (χ1) is 5.06. The number of carbonyl (C=O) groups is 1. The highest BCUT2D eigenvalue weighted by atomic mass is 32.2. The molecule has 1 amide bonds. The van der Waals surface area contributed by atoms with E-state index in [0.717, 1.165) is 6.29 Å². The average molecular weight is 176 g/mol. The minimum absolute atomic E-state index is 0.486. The standard InChI is InChI=1S/C5H6NO4S/c7-3-5(8)6-11(9,10)4-1-2-4/h4H,1-2H2,(H,6,8). The second-order valence-electron chi connectivity index (χ2n) is 2.28. The molecule has 1 aliphatic rings. The van der Waals surface area contributed by atoms with Crippen molar-refractivity contribution < 1.29 is 18.0 Å². The molecule has 5 nitrogen and oxygen atoms in total. The Morgan fingerprint density at radius 3 is 2.36 bits per heavy atom. The smallest absolute Gasteiger partial charge is 0.279 e. The first kappa shape index (κ1) is 8.19. The molecule has 0 unspecified atom stereocenters. The largest absolute Gasteiger partial charge is 0.309 e. The van der Waals surface area contributed by atoms with Crippen molar-refractivity contribution in [3.63, 3.8) is 0 Å². The SMILES string of the molecule is O=[C]C(=O)NS(=O)(=O)C1CC1. The van der Waals surface area contributed by atoms with Crippen LogP contribution in [0.1, 0.15) is 12.8 Å². The fourth-order valence-electron chi connectivity index (χ4n) is 0.612. The molecule has 0 atom stereocenters. The van der Waals surface area contributed by atoms with Crippen molar-refractivity contribution in [1.29, 1.82) is 0 Å². The molecule has 0 aromatic heterocycles. The third-order valence-electron chi connectivity index (χ3n) is 1.29. The Morgan fingerprint density at radius 1 is 1.45 bits per heavy atom. The lowest BCUT2D eigenvalue weighted by atomic mass is 10.7. The van der Waals surface area contributed by atoms with Gasteiger partial charge in [-0.25, -0.2) is 13.1 Å². The fourth-order valence-corrected chi connectivity index (χ4v) is 1.84. The summed E-state index contributed by atoms with van der Waals surface area (Å²) in [7, 11) is -3.56. The molecule has 0 aromatic carbocycles. The Hall–Kier alpha value is -0.910. The molecule has 1 saturated carbocycles. The summed E-state index contributed by atoms with van der Waals surface area (Å²) in [4.78, 5) is 19.9. The van der Waals surface area contributed by atoms with Crippen molar-refractivity contribution in [3.05, 3.63) is 0 Å². The first-order valence-corrected chi connectivity index (χ1v) is 4.54. The molecule has 0 aliphatic heterocycles. The van der Waals surface area contributed by atoms with Crippen molar-refractivity contribution >= 4 is 22.2 Å². The van der Waals surface area contributed by atoms with Gasteiger partial charge in [0.15, 0.2) is 0 Å². The van der Waals surface area contributed by atoms with Gasteiger partial charge in [0.05, 0.1) is 5.25 Å². The molecule has 1 rings (SSSR count). The van der Waals surface area contributed by atoms with Gasteiger partial charge < -0.3 is 0 Å². The van der Waals surface area contributed by atoms with Crippen molar-refractivity contribution in [2.75, 3.05) is 0 Å². The number of hydrogen-bond donors (Lipinski definition) is 1. The lowest BCUT2D eigenvalue weighted by Crippen LogP contribution is -2.33. The van der Waals surface area contributed by atoms with Crippen LogP contribution >= 0.6 is 0 Å². The van der Waals surface area contributed by atoms with Gasteiger partial charge >= 0.3 is 5.91 Å². The molecule has 0 aromatic rings. The van der Waals surface area contributed by atoms with E-state index in [9.17, 15) is 18.0 Å². The van der Waals surface area contributed by atoms with Crippen LogP contribution in [-0.2, 0) is 19.6 Å². The molecule has 1 fully saturated rings. The Bertz CT molecular complexity index is 277. The van der Waals surface area contributed by atoms with Gasteiger partial charge in [0, 0.05) is 0 Å². The normalized spacial score (nSPS) is 17.5. The zero-order valence-corrected chi connectivity index (χ0v) is 6.35. The molecular weight excluding hydrogens is 170 g/mol. The number of amides is 1. The van der Waals surface area contributed by atoms with Crippen molar-refractivity contribution in [2.24, 2.45) is 0 Å². The Morgan fingerprint density at radius 2 is 2.00 bits per heavy atom. The average Bonchev–Trinajstić information content (AvgIpc) is 2.66. The van der Waals surface area contributed by atoms with Gasteiger partial charge in [-0.1, -0.05) is 0 Å². The van der Waals surface area contributed by atoms with E-state index in [1.807, 2.05) is 0 Å². The molecule has 0 spiro atoms. The number of hydrogen-bond acceptors (Lipinski definition) is 4. The van der Waals surface area contributed by atoms with E-state index in [2.05, 4.69) is 0 Å². The van der Waals surface area contributed by atoms with E-state index in [1.54, 1.807) is 4.72 Å². The maximum absolute atomic E-state index is 10.9. The molecule has 1 radical (unpaired) electrons. The summed E-state index contributed by atoms with van der Waals surface area (Å²) in [5.74, 6) is -1.23. The fraction of sp³-hybridized carbons (Fsp3) is 0.600. The zero-order valence-electron chi connectivity index (χ0n) is 5.53. The van der Waals surface area contributed by atoms with Crippen LogP contribution in [0.2, 0.25) is 0 Å². The lowest BCUT2D eigenvalue weighted by Gasteiger charge is -1.98. The van der Waals surface area contributed by atoms with Gasteiger partial charge in [-0.3, -0.25) is 9.59 Å². The van der Waals surface area contributed by atoms with Crippen LogP contribution < -0.4 is 4.72 Å². The predicted octanol–water partition coefficient (Wildman–Crippen LogP) is -1.30. The minimum atomic E-state index is -3.56. The molecule has 0 saturated heterocycles. The minimum Gasteiger partial charge on any atom is -0.279 e. The highest BCUT2D eigenvalue weighted by Gasteiger charge is 2.36. The molecule has 0 heterocycles. The predicted molar refractivity (Wildman–Crippen MR) is 35.8 cm³/mol. The van der Waals surface area contributed by atoms with Crippen molar-refractivity contribution in [1.82, 2.24) is 4.72 Å². The highest BCUT2D eigenvalue weighted by Crippen LogP contribution is 2.27. The summed E-state index contributed by atoms with van der Waals surface area (Å²) in [6.45, 7) is 0. The maximum Gasteiger partial charge on any atom is 0.309 e. The molecule has 0 bridgehead atoms. The van der Waals surface area contributed by atoms with Crippen molar-refractivity contribution in [3.8, 4) is 0 Å². The molecule has 11 heavy (non-hydrogen) atoms. The Labute approximate surface area is 63.8 Å². The molecule has 1 N–H and O–H groups in total. The number of sulfonamides is 1. The molecule has 6 heteroatoms. The van der Waals surface area contributed by atoms with E-state index < -0.39 is 21.2 Å². The van der Waals surface area contributed by atoms with Crippen LogP contribution in [0.15, 0.2) is 0 Å². The quantitative estimate of drug-likeness (QED) is 0.542. The number of nitrogens with one attached hydrogen (secondary N) is 1. The number of carbonyl (C=O) groups excluding carboxylic acids is 2. The summed E-state index contributed by atoms with van der Waals surface area (Å²) in [5.41, 5.74) is 0. The summed E-state index contributed by atoms with van der Waals surface area (Å²) >= 11 is 0. The Kier molecular flexibility index (Phi) is 1.95. The molecular formula is C5H6NO4S. The summed E-state index contributed by atoms with van der Waals surface area (Å²) in [6.07, 6.45) is 2.04. The number of rotatable bonds is 3. The summed E-state index contributed by atoms with van der Waals surface area (Å²) < 4.78 is 23.3. The van der Waals surface area contributed by atoms with Gasteiger partial charge in [0.2, 0.25) is 10.0 Å². The first-order valence-electron chi connectivity index (χ1n) is 3.00. The second kappa shape index (κ2) is 2.61. The maximum atomic E-state index is 10.9. The van der Waals surface area contributed by atoms with Crippen LogP contribution in [0.3, 0.4) is 0 Å². The Balaban J connectivity index is 2.59. The van der Waals surface area contributed by atoms with Crippen LogP contribution in [0.4, 0.5) is 0 Å². The van der Waals surface area contributed by atoms with Crippen LogP contribution in [0.25, 0.3) is 0 Å². The third kappa shape index (κ3) is 2.01. The van der Waals surface area contributed by atoms with Crippen LogP contribution in [-0.4, -0.2) is 25.9 Å². The second-order valence-corrected chi connectivity index (χ2v) is 4.24. The van der Waals surface area contributed by atoms with E-state index in [4.69, 9.17) is 0 Å². The summed E-state index contributed by atoms with van der Waals surface area (Å²) in [6, 6.07) is 0. The summed E-state index contributed by atoms with van der Waals surface area (Å²) in [5, 5.41) is -0.486. The van der Waals surface area contributed by atoms with Crippen LogP contribution in [0.5, 0.6) is 0 Å². The van der Waals surface area contributed by atoms with Gasteiger partial charge in [-0.15, -0.1) is 0 Å². The highest BCUT2D eigenvalue weighted by molar-refractivity contribution is 7.91. The monoisotopic (exact) mass is 176 g/mol. The van der Waals surface area contributed by atoms with Crippen LogP contribution in [0, 0.1) is 0 Å². The molecule has 61 valence electrons. The van der Waals surface area contributed by atoms with Gasteiger partial charge in [0.25, 0.3) is 6.29 Å². The van der Waals surface area contributed by atoms with E-state index >= 15 is 0 Å². The van der Waals surface area contributed by atoms with E-state index in [-0.39, 0.29) is 0 Å². The van der Waals surface area contributed by atoms with Gasteiger partial charge in [0.1, 0.15) is 0 Å².